The number of benzene rings is 2. The fraction of sp³-hybridized carbons (Fsp3) is 0.333. The Morgan fingerprint density at radius 1 is 0.952 bits per heavy atom. The molecule has 1 N–H and O–H groups in total. The molecule has 0 saturated heterocycles. The summed E-state index contributed by atoms with van der Waals surface area (Å²) >= 11 is 0. The monoisotopic (exact) mass is 283 g/mol. The van der Waals surface area contributed by atoms with Crippen molar-refractivity contribution >= 4 is 0 Å². The second kappa shape index (κ2) is 6.64. The third-order valence-electron chi connectivity index (χ3n) is 3.66. The van der Waals surface area contributed by atoms with Crippen LogP contribution in [0.15, 0.2) is 48.5 Å². The van der Waals surface area contributed by atoms with Crippen LogP contribution in [0.3, 0.4) is 0 Å². The van der Waals surface area contributed by atoms with Gasteiger partial charge in [-0.3, -0.25) is 0 Å². The number of hydrogen-bond acceptors (Lipinski definition) is 3. The summed E-state index contributed by atoms with van der Waals surface area (Å²) in [5.74, 6) is 1.54. The molecule has 3 nitrogen and oxygen atoms in total. The summed E-state index contributed by atoms with van der Waals surface area (Å²) in [5.41, 5.74) is 2.49. The zero-order valence-corrected chi connectivity index (χ0v) is 12.3. The number of para-hydroxylation sites is 2. The maximum atomic E-state index is 5.82. The number of hydrogen-bond donors (Lipinski definition) is 1. The Morgan fingerprint density at radius 2 is 1.62 bits per heavy atom. The molecule has 0 aliphatic heterocycles. The first-order valence-electron chi connectivity index (χ1n) is 7.42. The lowest BCUT2D eigenvalue weighted by atomic mass is 10.1. The van der Waals surface area contributed by atoms with Gasteiger partial charge in [0.1, 0.15) is 6.61 Å². The van der Waals surface area contributed by atoms with E-state index in [0.29, 0.717) is 6.61 Å². The van der Waals surface area contributed by atoms with Gasteiger partial charge in [0, 0.05) is 12.6 Å². The number of rotatable bonds is 7. The van der Waals surface area contributed by atoms with Crippen molar-refractivity contribution in [1.29, 1.82) is 0 Å². The van der Waals surface area contributed by atoms with Crippen molar-refractivity contribution in [3.05, 3.63) is 59.7 Å². The van der Waals surface area contributed by atoms with Crippen molar-refractivity contribution in [3.8, 4) is 11.5 Å². The molecule has 0 heterocycles. The molecule has 0 unspecified atom stereocenters. The van der Waals surface area contributed by atoms with Gasteiger partial charge in [-0.25, -0.2) is 0 Å². The Kier molecular flexibility index (Phi) is 4.41. The van der Waals surface area contributed by atoms with E-state index in [-0.39, 0.29) is 0 Å². The molecule has 1 saturated carbocycles. The Bertz CT molecular complexity index is 576. The second-order valence-electron chi connectivity index (χ2n) is 5.41. The van der Waals surface area contributed by atoms with Gasteiger partial charge in [0.15, 0.2) is 11.5 Å². The van der Waals surface area contributed by atoms with E-state index in [1.165, 1.54) is 18.4 Å². The van der Waals surface area contributed by atoms with Crippen molar-refractivity contribution < 1.29 is 9.47 Å². The second-order valence-corrected chi connectivity index (χ2v) is 5.41. The van der Waals surface area contributed by atoms with Crippen molar-refractivity contribution in [2.24, 2.45) is 0 Å². The third kappa shape index (κ3) is 3.99. The quantitative estimate of drug-likeness (QED) is 0.843. The van der Waals surface area contributed by atoms with Crippen molar-refractivity contribution in [2.75, 3.05) is 7.11 Å². The van der Waals surface area contributed by atoms with Crippen molar-refractivity contribution in [2.45, 2.75) is 32.0 Å². The number of methoxy groups -OCH3 is 1. The predicted octanol–water partition coefficient (Wildman–Crippen LogP) is 3.53. The summed E-state index contributed by atoms with van der Waals surface area (Å²) in [6.45, 7) is 1.51. The summed E-state index contributed by atoms with van der Waals surface area (Å²) in [6.07, 6.45) is 2.65. The molecule has 2 aromatic carbocycles. The molecule has 110 valence electrons. The first-order chi connectivity index (χ1) is 10.3. The lowest BCUT2D eigenvalue weighted by molar-refractivity contribution is 0.284. The molecule has 0 spiro atoms. The molecule has 3 rings (SSSR count). The summed E-state index contributed by atoms with van der Waals surface area (Å²) in [7, 11) is 1.66. The fourth-order valence-electron chi connectivity index (χ4n) is 2.20. The maximum absolute atomic E-state index is 5.82. The highest BCUT2D eigenvalue weighted by Gasteiger charge is 2.19. The molecule has 3 heteroatoms. The summed E-state index contributed by atoms with van der Waals surface area (Å²) < 4.78 is 11.1. The fourth-order valence-corrected chi connectivity index (χ4v) is 2.20. The van der Waals surface area contributed by atoms with Crippen LogP contribution in [0.4, 0.5) is 0 Å². The number of ether oxygens (including phenoxy) is 2. The lowest BCUT2D eigenvalue weighted by Crippen LogP contribution is -2.15. The van der Waals surface area contributed by atoms with Crippen LogP contribution < -0.4 is 14.8 Å². The van der Waals surface area contributed by atoms with Crippen LogP contribution in [0.2, 0.25) is 0 Å². The third-order valence-corrected chi connectivity index (χ3v) is 3.66. The zero-order valence-electron chi connectivity index (χ0n) is 12.3. The minimum Gasteiger partial charge on any atom is -0.493 e. The molecular weight excluding hydrogens is 262 g/mol. The average molecular weight is 283 g/mol. The minimum atomic E-state index is 0.552. The molecule has 0 atom stereocenters. The molecule has 1 aliphatic carbocycles. The maximum Gasteiger partial charge on any atom is 0.161 e. The molecule has 0 amide bonds. The number of nitrogens with one attached hydrogen (secondary N) is 1. The van der Waals surface area contributed by atoms with Crippen LogP contribution in [0.5, 0.6) is 11.5 Å². The SMILES string of the molecule is COc1ccccc1OCc1ccc(CNC2CC2)cc1. The lowest BCUT2D eigenvalue weighted by Gasteiger charge is -2.10. The molecule has 0 bridgehead atoms. The molecule has 1 aliphatic rings. The van der Waals surface area contributed by atoms with Gasteiger partial charge < -0.3 is 14.8 Å². The van der Waals surface area contributed by atoms with Gasteiger partial charge >= 0.3 is 0 Å². The Hall–Kier alpha value is -2.00. The summed E-state index contributed by atoms with van der Waals surface area (Å²) in [6, 6.07) is 17.0. The smallest absolute Gasteiger partial charge is 0.161 e. The van der Waals surface area contributed by atoms with E-state index in [1.807, 2.05) is 24.3 Å². The van der Waals surface area contributed by atoms with Crippen LogP contribution in [-0.2, 0) is 13.2 Å². The van der Waals surface area contributed by atoms with Crippen molar-refractivity contribution in [1.82, 2.24) is 5.32 Å². The highest BCUT2D eigenvalue weighted by molar-refractivity contribution is 5.39. The van der Waals surface area contributed by atoms with Gasteiger partial charge in [0.25, 0.3) is 0 Å². The molecular formula is C18H21NO2. The topological polar surface area (TPSA) is 30.5 Å². The average Bonchev–Trinajstić information content (AvgIpc) is 3.36. The Labute approximate surface area is 125 Å². The van der Waals surface area contributed by atoms with Gasteiger partial charge in [0.2, 0.25) is 0 Å². The Morgan fingerprint density at radius 3 is 2.29 bits per heavy atom. The van der Waals surface area contributed by atoms with Gasteiger partial charge in [-0.1, -0.05) is 36.4 Å². The first-order valence-corrected chi connectivity index (χ1v) is 7.42. The van der Waals surface area contributed by atoms with Gasteiger partial charge in [-0.05, 0) is 36.1 Å². The predicted molar refractivity (Wildman–Crippen MR) is 83.6 cm³/mol. The van der Waals surface area contributed by atoms with Crippen LogP contribution in [0.1, 0.15) is 24.0 Å². The first kappa shape index (κ1) is 14.0. The highest BCUT2D eigenvalue weighted by atomic mass is 16.5. The van der Waals surface area contributed by atoms with E-state index >= 15 is 0 Å². The molecule has 21 heavy (non-hydrogen) atoms. The minimum absolute atomic E-state index is 0.552. The standard InChI is InChI=1S/C18H21NO2/c1-20-17-4-2-3-5-18(17)21-13-15-8-6-14(7-9-15)12-19-16-10-11-16/h2-9,16,19H,10-13H2,1H3. The van der Waals surface area contributed by atoms with E-state index in [9.17, 15) is 0 Å². The zero-order chi connectivity index (χ0) is 14.5. The Balaban J connectivity index is 1.54. The highest BCUT2D eigenvalue weighted by Crippen LogP contribution is 2.26. The molecule has 0 radical (unpaired) electrons. The van der Waals surface area contributed by atoms with E-state index in [4.69, 9.17) is 9.47 Å². The normalized spacial score (nSPS) is 14.0. The van der Waals surface area contributed by atoms with Crippen LogP contribution >= 0.6 is 0 Å². The molecule has 0 aromatic heterocycles. The molecule has 1 fully saturated rings. The van der Waals surface area contributed by atoms with E-state index < -0.39 is 0 Å². The largest absolute Gasteiger partial charge is 0.493 e. The summed E-state index contributed by atoms with van der Waals surface area (Å²) in [4.78, 5) is 0. The van der Waals surface area contributed by atoms with E-state index in [0.717, 1.165) is 29.6 Å². The molecule has 2 aromatic rings. The van der Waals surface area contributed by atoms with Crippen LogP contribution in [-0.4, -0.2) is 13.2 Å². The van der Waals surface area contributed by atoms with E-state index in [2.05, 4.69) is 29.6 Å². The van der Waals surface area contributed by atoms with E-state index in [1.54, 1.807) is 7.11 Å². The summed E-state index contributed by atoms with van der Waals surface area (Å²) in [5, 5.41) is 3.52. The van der Waals surface area contributed by atoms with Crippen molar-refractivity contribution in [3.63, 3.8) is 0 Å². The van der Waals surface area contributed by atoms with Gasteiger partial charge in [-0.15, -0.1) is 0 Å². The van der Waals surface area contributed by atoms with Gasteiger partial charge in [-0.2, -0.15) is 0 Å². The van der Waals surface area contributed by atoms with Gasteiger partial charge in [0.05, 0.1) is 7.11 Å². The van der Waals surface area contributed by atoms with Crippen LogP contribution in [0, 0.1) is 0 Å². The van der Waals surface area contributed by atoms with Crippen LogP contribution in [0.25, 0.3) is 0 Å².